The molecule has 0 spiro atoms. The second-order valence-corrected chi connectivity index (χ2v) is 7.05. The third kappa shape index (κ3) is 3.69. The molecule has 4 aromatic rings. The number of aromatic nitrogens is 3. The van der Waals surface area contributed by atoms with E-state index in [0.717, 1.165) is 27.9 Å². The number of benzene rings is 2. The Kier molecular flexibility index (Phi) is 4.99. The van der Waals surface area contributed by atoms with Crippen LogP contribution in [-0.2, 0) is 17.9 Å². The van der Waals surface area contributed by atoms with Crippen LogP contribution in [0.25, 0.3) is 16.7 Å². The summed E-state index contributed by atoms with van der Waals surface area (Å²) < 4.78 is 3.24. The van der Waals surface area contributed by atoms with Crippen molar-refractivity contribution in [2.24, 2.45) is 0 Å². The molecule has 0 aliphatic carbocycles. The van der Waals surface area contributed by atoms with Crippen LogP contribution >= 0.6 is 0 Å². The molecule has 146 valence electrons. The summed E-state index contributed by atoms with van der Waals surface area (Å²) in [5.41, 5.74) is 3.93. The Bertz CT molecular complexity index is 1220. The zero-order valence-corrected chi connectivity index (χ0v) is 16.4. The van der Waals surface area contributed by atoms with Crippen molar-refractivity contribution in [3.63, 3.8) is 0 Å². The van der Waals surface area contributed by atoms with Gasteiger partial charge < -0.3 is 5.32 Å². The van der Waals surface area contributed by atoms with Crippen LogP contribution < -0.4 is 10.9 Å². The van der Waals surface area contributed by atoms with Gasteiger partial charge in [-0.25, -0.2) is 4.68 Å². The molecule has 0 saturated carbocycles. The smallest absolute Gasteiger partial charge is 0.252 e. The summed E-state index contributed by atoms with van der Waals surface area (Å²) in [5, 5.41) is 8.43. The normalized spacial score (nSPS) is 11.0. The molecule has 2 aromatic heterocycles. The van der Waals surface area contributed by atoms with Gasteiger partial charge in [-0.1, -0.05) is 48.5 Å². The Balaban J connectivity index is 1.74. The number of carbonyl (C=O) groups excluding carboxylic acids is 1. The standard InChI is InChI=1S/C23H22N4O2/c1-16-13-21(29)26(15-20(28)24-14-18-9-5-3-6-10-18)23-22(16)17(2)25-27(23)19-11-7-4-8-12-19/h3-13H,14-15H2,1-2H3,(H,24,28). The maximum absolute atomic E-state index is 12.8. The minimum atomic E-state index is -0.223. The van der Waals surface area contributed by atoms with Gasteiger partial charge in [0.25, 0.3) is 5.56 Å². The van der Waals surface area contributed by atoms with Gasteiger partial charge in [-0.2, -0.15) is 5.10 Å². The van der Waals surface area contributed by atoms with Gasteiger partial charge in [-0.15, -0.1) is 0 Å². The Labute approximate surface area is 168 Å². The Hall–Kier alpha value is -3.67. The van der Waals surface area contributed by atoms with Crippen molar-refractivity contribution < 1.29 is 4.79 Å². The van der Waals surface area contributed by atoms with E-state index in [2.05, 4.69) is 10.4 Å². The molecule has 2 aromatic carbocycles. The molecule has 1 amide bonds. The van der Waals surface area contributed by atoms with Gasteiger partial charge in [0.1, 0.15) is 12.2 Å². The molecule has 0 radical (unpaired) electrons. The number of nitrogens with one attached hydrogen (secondary N) is 1. The molecular formula is C23H22N4O2. The van der Waals surface area contributed by atoms with Gasteiger partial charge in [0.15, 0.2) is 0 Å². The highest BCUT2D eigenvalue weighted by Gasteiger charge is 2.18. The maximum atomic E-state index is 12.8. The number of pyridine rings is 1. The monoisotopic (exact) mass is 386 g/mol. The number of hydrogen-bond acceptors (Lipinski definition) is 3. The van der Waals surface area contributed by atoms with Crippen molar-refractivity contribution in [3.05, 3.63) is 93.9 Å². The van der Waals surface area contributed by atoms with Gasteiger partial charge in [0, 0.05) is 18.0 Å². The number of para-hydroxylation sites is 1. The van der Waals surface area contributed by atoms with Crippen molar-refractivity contribution in [1.29, 1.82) is 0 Å². The number of nitrogens with zero attached hydrogens (tertiary/aromatic N) is 3. The fourth-order valence-corrected chi connectivity index (χ4v) is 3.56. The highest BCUT2D eigenvalue weighted by molar-refractivity contribution is 5.85. The molecule has 0 fully saturated rings. The number of hydrogen-bond donors (Lipinski definition) is 1. The largest absolute Gasteiger partial charge is 0.350 e. The molecule has 0 atom stereocenters. The molecule has 0 bridgehead atoms. The molecule has 0 aliphatic heterocycles. The fraction of sp³-hybridized carbons (Fsp3) is 0.174. The van der Waals surface area contributed by atoms with Crippen LogP contribution in [0, 0.1) is 13.8 Å². The van der Waals surface area contributed by atoms with E-state index in [1.807, 2.05) is 74.5 Å². The van der Waals surface area contributed by atoms with Crippen molar-refractivity contribution >= 4 is 16.9 Å². The topological polar surface area (TPSA) is 68.9 Å². The predicted octanol–water partition coefficient (Wildman–Crippen LogP) is 3.12. The zero-order chi connectivity index (χ0) is 20.4. The highest BCUT2D eigenvalue weighted by Crippen LogP contribution is 2.23. The summed E-state index contributed by atoms with van der Waals surface area (Å²) in [6.45, 7) is 4.16. The molecular weight excluding hydrogens is 364 g/mol. The molecule has 2 heterocycles. The summed E-state index contributed by atoms with van der Waals surface area (Å²) in [4.78, 5) is 25.4. The van der Waals surface area contributed by atoms with Crippen LogP contribution in [0.3, 0.4) is 0 Å². The van der Waals surface area contributed by atoms with E-state index in [4.69, 9.17) is 0 Å². The van der Waals surface area contributed by atoms with E-state index in [-0.39, 0.29) is 18.0 Å². The van der Waals surface area contributed by atoms with Crippen LogP contribution in [0.5, 0.6) is 0 Å². The van der Waals surface area contributed by atoms with E-state index in [9.17, 15) is 9.59 Å². The number of amides is 1. The van der Waals surface area contributed by atoms with E-state index in [1.165, 1.54) is 4.57 Å². The first-order valence-electron chi connectivity index (χ1n) is 9.50. The van der Waals surface area contributed by atoms with Crippen molar-refractivity contribution in [1.82, 2.24) is 19.7 Å². The quantitative estimate of drug-likeness (QED) is 0.573. The van der Waals surface area contributed by atoms with E-state index in [1.54, 1.807) is 10.7 Å². The van der Waals surface area contributed by atoms with Crippen LogP contribution in [0.4, 0.5) is 0 Å². The van der Waals surface area contributed by atoms with Crippen molar-refractivity contribution in [2.45, 2.75) is 26.9 Å². The number of fused-ring (bicyclic) bond motifs is 1. The Morgan fingerprint density at radius 2 is 1.66 bits per heavy atom. The van der Waals surface area contributed by atoms with Crippen LogP contribution in [0.1, 0.15) is 16.8 Å². The van der Waals surface area contributed by atoms with Crippen LogP contribution in [0.2, 0.25) is 0 Å². The third-order valence-electron chi connectivity index (χ3n) is 4.93. The highest BCUT2D eigenvalue weighted by atomic mass is 16.2. The number of aryl methyl sites for hydroxylation is 2. The van der Waals surface area contributed by atoms with Crippen molar-refractivity contribution in [2.75, 3.05) is 0 Å². The molecule has 1 N–H and O–H groups in total. The molecule has 0 saturated heterocycles. The summed E-state index contributed by atoms with van der Waals surface area (Å²) in [7, 11) is 0. The minimum Gasteiger partial charge on any atom is -0.350 e. The van der Waals surface area contributed by atoms with Gasteiger partial charge in [-0.05, 0) is 37.1 Å². The number of rotatable bonds is 5. The second kappa shape index (κ2) is 7.75. The first-order chi connectivity index (χ1) is 14.0. The number of carbonyl (C=O) groups is 1. The van der Waals surface area contributed by atoms with Gasteiger partial charge >= 0.3 is 0 Å². The summed E-state index contributed by atoms with van der Waals surface area (Å²) in [6.07, 6.45) is 0. The predicted molar refractivity (Wildman–Crippen MR) is 113 cm³/mol. The Morgan fingerprint density at radius 1 is 1.00 bits per heavy atom. The lowest BCUT2D eigenvalue weighted by atomic mass is 10.1. The van der Waals surface area contributed by atoms with E-state index in [0.29, 0.717) is 12.2 Å². The van der Waals surface area contributed by atoms with Crippen molar-refractivity contribution in [3.8, 4) is 5.69 Å². The van der Waals surface area contributed by atoms with Gasteiger partial charge in [0.2, 0.25) is 5.91 Å². The summed E-state index contributed by atoms with van der Waals surface area (Å²) >= 11 is 0. The molecule has 6 nitrogen and oxygen atoms in total. The third-order valence-corrected chi connectivity index (χ3v) is 4.93. The second-order valence-electron chi connectivity index (χ2n) is 7.05. The first-order valence-corrected chi connectivity index (χ1v) is 9.50. The molecule has 0 unspecified atom stereocenters. The first kappa shape index (κ1) is 18.7. The lowest BCUT2D eigenvalue weighted by molar-refractivity contribution is -0.121. The summed E-state index contributed by atoms with van der Waals surface area (Å²) in [6, 6.07) is 20.9. The SMILES string of the molecule is Cc1cc(=O)n(CC(=O)NCc2ccccc2)c2c1c(C)nn2-c1ccccc1. The zero-order valence-electron chi connectivity index (χ0n) is 16.4. The summed E-state index contributed by atoms with van der Waals surface area (Å²) in [5.74, 6) is -0.223. The lowest BCUT2D eigenvalue weighted by Crippen LogP contribution is -2.32. The maximum Gasteiger partial charge on any atom is 0.252 e. The van der Waals surface area contributed by atoms with Gasteiger partial charge in [-0.3, -0.25) is 14.2 Å². The minimum absolute atomic E-state index is 0.0690. The average Bonchev–Trinajstić information content (AvgIpc) is 3.08. The van der Waals surface area contributed by atoms with E-state index < -0.39 is 0 Å². The lowest BCUT2D eigenvalue weighted by Gasteiger charge is -2.12. The molecule has 6 heteroatoms. The van der Waals surface area contributed by atoms with E-state index >= 15 is 0 Å². The van der Waals surface area contributed by atoms with Crippen LogP contribution in [-0.4, -0.2) is 20.3 Å². The average molecular weight is 386 g/mol. The molecule has 4 rings (SSSR count). The van der Waals surface area contributed by atoms with Gasteiger partial charge in [0.05, 0.1) is 11.4 Å². The molecule has 0 aliphatic rings. The molecule has 29 heavy (non-hydrogen) atoms. The van der Waals surface area contributed by atoms with Crippen LogP contribution in [0.15, 0.2) is 71.5 Å². The Morgan fingerprint density at radius 3 is 2.34 bits per heavy atom. The fourth-order valence-electron chi connectivity index (χ4n) is 3.56.